The van der Waals surface area contributed by atoms with Crippen molar-refractivity contribution in [2.45, 2.75) is 65.8 Å². The fourth-order valence-electron chi connectivity index (χ4n) is 2.39. The van der Waals surface area contributed by atoms with Gasteiger partial charge in [0.25, 0.3) is 5.56 Å². The molecule has 0 spiro atoms. The second-order valence-electron chi connectivity index (χ2n) is 5.30. The Morgan fingerprint density at radius 1 is 1.20 bits per heavy atom. The average molecular weight is 301 g/mol. The molecule has 0 aliphatic rings. The number of halogens is 1. The highest BCUT2D eigenvalue weighted by Gasteiger charge is 2.15. The standard InChI is InChI=1S/C15H25ClN2O2/c1-4-7-9-11(6-3)10-18-14(19)12(8-5-2)13(16)17-15(18)20/h11H,4-10H2,1-3H3,(H,17,20). The van der Waals surface area contributed by atoms with E-state index in [1.807, 2.05) is 6.92 Å². The molecule has 1 aromatic heterocycles. The first kappa shape index (κ1) is 17.0. The maximum atomic E-state index is 12.4. The van der Waals surface area contributed by atoms with E-state index in [-0.39, 0.29) is 10.7 Å². The number of rotatable bonds is 8. The second kappa shape index (κ2) is 8.30. The predicted octanol–water partition coefficient (Wildman–Crippen LogP) is 3.36. The van der Waals surface area contributed by atoms with Crippen molar-refractivity contribution in [2.75, 3.05) is 0 Å². The zero-order valence-electron chi connectivity index (χ0n) is 12.7. The summed E-state index contributed by atoms with van der Waals surface area (Å²) in [5.74, 6) is 0.365. The summed E-state index contributed by atoms with van der Waals surface area (Å²) in [6.45, 7) is 6.72. The fraction of sp³-hybridized carbons (Fsp3) is 0.733. The van der Waals surface area contributed by atoms with Gasteiger partial charge in [0.2, 0.25) is 0 Å². The van der Waals surface area contributed by atoms with Crippen molar-refractivity contribution in [3.63, 3.8) is 0 Å². The summed E-state index contributed by atoms with van der Waals surface area (Å²) in [6, 6.07) is 0. The molecule has 1 atom stereocenters. The first-order chi connectivity index (χ1) is 9.54. The lowest BCUT2D eigenvalue weighted by molar-refractivity contribution is 0.376. The largest absolute Gasteiger partial charge is 0.329 e. The van der Waals surface area contributed by atoms with Gasteiger partial charge in [-0.25, -0.2) is 4.79 Å². The van der Waals surface area contributed by atoms with Crippen molar-refractivity contribution in [1.29, 1.82) is 0 Å². The van der Waals surface area contributed by atoms with Crippen LogP contribution in [0, 0.1) is 5.92 Å². The molecular formula is C15H25ClN2O2. The molecule has 20 heavy (non-hydrogen) atoms. The van der Waals surface area contributed by atoms with Crippen LogP contribution in [0.1, 0.15) is 58.4 Å². The molecule has 0 fully saturated rings. The Labute approximate surface area is 125 Å². The molecule has 114 valence electrons. The van der Waals surface area contributed by atoms with E-state index < -0.39 is 5.69 Å². The van der Waals surface area contributed by atoms with Crippen LogP contribution < -0.4 is 11.2 Å². The van der Waals surface area contributed by atoms with E-state index in [1.54, 1.807) is 0 Å². The maximum Gasteiger partial charge on any atom is 0.329 e. The Morgan fingerprint density at radius 3 is 2.45 bits per heavy atom. The van der Waals surface area contributed by atoms with Gasteiger partial charge in [-0.2, -0.15) is 0 Å². The maximum absolute atomic E-state index is 12.4. The van der Waals surface area contributed by atoms with E-state index in [0.29, 0.717) is 24.4 Å². The summed E-state index contributed by atoms with van der Waals surface area (Å²) in [4.78, 5) is 26.9. The SMILES string of the molecule is CCCCC(CC)Cn1c(=O)[nH]c(Cl)c(CCC)c1=O. The molecule has 0 bridgehead atoms. The second-order valence-corrected chi connectivity index (χ2v) is 5.68. The third-order valence-corrected chi connectivity index (χ3v) is 4.04. The minimum absolute atomic E-state index is 0.194. The molecule has 1 rings (SSSR count). The molecule has 5 heteroatoms. The van der Waals surface area contributed by atoms with Crippen molar-refractivity contribution in [3.8, 4) is 0 Å². The van der Waals surface area contributed by atoms with Gasteiger partial charge in [-0.1, -0.05) is 58.1 Å². The van der Waals surface area contributed by atoms with Crippen LogP contribution in [-0.2, 0) is 13.0 Å². The Hall–Kier alpha value is -1.03. The summed E-state index contributed by atoms with van der Waals surface area (Å²) in [7, 11) is 0. The predicted molar refractivity (Wildman–Crippen MR) is 83.6 cm³/mol. The van der Waals surface area contributed by atoms with Crippen LogP contribution in [0.25, 0.3) is 0 Å². The van der Waals surface area contributed by atoms with Crippen molar-refractivity contribution < 1.29 is 0 Å². The Balaban J connectivity index is 3.08. The summed E-state index contributed by atoms with van der Waals surface area (Å²) in [6.07, 6.45) is 5.69. The quantitative estimate of drug-likeness (QED) is 0.748. The minimum Gasteiger partial charge on any atom is -0.297 e. The first-order valence-corrected chi connectivity index (χ1v) is 7.94. The number of aromatic nitrogens is 2. The van der Waals surface area contributed by atoms with Gasteiger partial charge in [0.05, 0.1) is 5.56 Å². The van der Waals surface area contributed by atoms with E-state index in [9.17, 15) is 9.59 Å². The molecule has 1 aromatic rings. The summed E-state index contributed by atoms with van der Waals surface area (Å²) in [5, 5.41) is 0.194. The van der Waals surface area contributed by atoms with Crippen molar-refractivity contribution in [3.05, 3.63) is 31.6 Å². The normalized spacial score (nSPS) is 12.6. The molecule has 0 saturated heterocycles. The molecule has 1 heterocycles. The lowest BCUT2D eigenvalue weighted by atomic mass is 9.99. The number of H-pyrrole nitrogens is 1. The molecular weight excluding hydrogens is 276 g/mol. The van der Waals surface area contributed by atoms with Gasteiger partial charge < -0.3 is 0 Å². The van der Waals surface area contributed by atoms with Gasteiger partial charge in [-0.3, -0.25) is 14.3 Å². The first-order valence-electron chi connectivity index (χ1n) is 7.56. The van der Waals surface area contributed by atoms with Crippen LogP contribution in [0.4, 0.5) is 0 Å². The Kier molecular flexibility index (Phi) is 7.06. The highest BCUT2D eigenvalue weighted by atomic mass is 35.5. The van der Waals surface area contributed by atoms with Gasteiger partial charge in [0, 0.05) is 6.54 Å². The highest BCUT2D eigenvalue weighted by molar-refractivity contribution is 6.30. The topological polar surface area (TPSA) is 54.9 Å². The summed E-state index contributed by atoms with van der Waals surface area (Å²) < 4.78 is 1.32. The van der Waals surface area contributed by atoms with Crippen molar-refractivity contribution in [2.24, 2.45) is 5.92 Å². The number of hydrogen-bond acceptors (Lipinski definition) is 2. The number of nitrogens with one attached hydrogen (secondary N) is 1. The number of hydrogen-bond donors (Lipinski definition) is 1. The lowest BCUT2D eigenvalue weighted by Crippen LogP contribution is -2.39. The summed E-state index contributed by atoms with van der Waals surface area (Å²) in [5.41, 5.74) is -0.0931. The van der Waals surface area contributed by atoms with Gasteiger partial charge in [-0.15, -0.1) is 0 Å². The van der Waals surface area contributed by atoms with E-state index in [1.165, 1.54) is 4.57 Å². The molecule has 0 aliphatic heterocycles. The van der Waals surface area contributed by atoms with Crippen LogP contribution in [0.3, 0.4) is 0 Å². The molecule has 0 amide bonds. The Bertz CT molecular complexity index is 534. The molecule has 1 N–H and O–H groups in total. The van der Waals surface area contributed by atoms with Crippen LogP contribution >= 0.6 is 11.6 Å². The average Bonchev–Trinajstić information content (AvgIpc) is 2.42. The molecule has 1 unspecified atom stereocenters. The zero-order chi connectivity index (χ0) is 15.1. The van der Waals surface area contributed by atoms with Crippen LogP contribution in [0.2, 0.25) is 5.15 Å². The van der Waals surface area contributed by atoms with E-state index in [2.05, 4.69) is 18.8 Å². The smallest absolute Gasteiger partial charge is 0.297 e. The van der Waals surface area contributed by atoms with Crippen molar-refractivity contribution in [1.82, 2.24) is 9.55 Å². The lowest BCUT2D eigenvalue weighted by Gasteiger charge is -2.16. The van der Waals surface area contributed by atoms with E-state index in [0.717, 1.165) is 32.1 Å². The van der Waals surface area contributed by atoms with Crippen LogP contribution in [0.5, 0.6) is 0 Å². The molecule has 0 aliphatic carbocycles. The minimum atomic E-state index is -0.394. The van der Waals surface area contributed by atoms with Gasteiger partial charge in [0.1, 0.15) is 5.15 Å². The number of nitrogens with zero attached hydrogens (tertiary/aromatic N) is 1. The molecule has 4 nitrogen and oxygen atoms in total. The van der Waals surface area contributed by atoms with Crippen LogP contribution in [-0.4, -0.2) is 9.55 Å². The van der Waals surface area contributed by atoms with Crippen molar-refractivity contribution >= 4 is 11.6 Å². The van der Waals surface area contributed by atoms with E-state index in [4.69, 9.17) is 11.6 Å². The summed E-state index contributed by atoms with van der Waals surface area (Å²) >= 11 is 5.97. The molecule has 0 saturated carbocycles. The van der Waals surface area contributed by atoms with Gasteiger partial charge >= 0.3 is 5.69 Å². The van der Waals surface area contributed by atoms with E-state index >= 15 is 0 Å². The fourth-order valence-corrected chi connectivity index (χ4v) is 2.65. The third-order valence-electron chi connectivity index (χ3n) is 3.71. The Morgan fingerprint density at radius 2 is 1.90 bits per heavy atom. The van der Waals surface area contributed by atoms with Gasteiger partial charge in [-0.05, 0) is 18.8 Å². The van der Waals surface area contributed by atoms with Gasteiger partial charge in [0.15, 0.2) is 0 Å². The highest BCUT2D eigenvalue weighted by Crippen LogP contribution is 2.14. The number of aromatic amines is 1. The monoisotopic (exact) mass is 300 g/mol. The zero-order valence-corrected chi connectivity index (χ0v) is 13.4. The third kappa shape index (κ3) is 4.23. The molecule has 0 aromatic carbocycles. The van der Waals surface area contributed by atoms with Crippen LogP contribution in [0.15, 0.2) is 9.59 Å². The number of unbranched alkanes of at least 4 members (excludes halogenated alkanes) is 1. The molecule has 0 radical (unpaired) electrons.